The molecule has 1 heterocycles. The third-order valence-corrected chi connectivity index (χ3v) is 4.53. The van der Waals surface area contributed by atoms with Crippen LogP contribution in [0.2, 0.25) is 0 Å². The zero-order valence-corrected chi connectivity index (χ0v) is 15.7. The molecule has 140 valence electrons. The molecule has 26 heavy (non-hydrogen) atoms. The van der Waals surface area contributed by atoms with Crippen LogP contribution in [0.3, 0.4) is 0 Å². The maximum absolute atomic E-state index is 11.8. The van der Waals surface area contributed by atoms with Gasteiger partial charge in [-0.1, -0.05) is 34.1 Å². The molecule has 0 saturated heterocycles. The quantitative estimate of drug-likeness (QED) is 0.433. The highest BCUT2D eigenvalue weighted by molar-refractivity contribution is 5.94. The Kier molecular flexibility index (Phi) is 6.14. The van der Waals surface area contributed by atoms with Crippen molar-refractivity contribution in [2.45, 2.75) is 52.9 Å². The minimum absolute atomic E-state index is 0.0421. The van der Waals surface area contributed by atoms with Gasteiger partial charge in [0.1, 0.15) is 0 Å². The summed E-state index contributed by atoms with van der Waals surface area (Å²) in [7, 11) is 0. The fourth-order valence-electron chi connectivity index (χ4n) is 3.33. The van der Waals surface area contributed by atoms with Crippen molar-refractivity contribution in [3.8, 4) is 28.6 Å². The number of rotatable bonds is 4. The number of aromatic hydroxyl groups is 3. The number of fused-ring (bicyclic) bond motifs is 2. The van der Waals surface area contributed by atoms with Gasteiger partial charge in [-0.25, -0.2) is 0 Å². The van der Waals surface area contributed by atoms with Crippen LogP contribution in [0, 0.1) is 0 Å². The second-order valence-corrected chi connectivity index (χ2v) is 6.01. The Morgan fingerprint density at radius 1 is 1.00 bits per heavy atom. The number of phenols is 3. The predicted octanol–water partition coefficient (Wildman–Crippen LogP) is 5.33. The zero-order valence-electron chi connectivity index (χ0n) is 15.7. The standard InChI is InChI=1S/C19H20O5.C2H6/c1-3-5-10(4-2)15-11-6-8-13(20)16(22)18(11)24-19-12(15)7-9-14(21)17(19)23;1-2/h6-10,20,22-23H,3-5H2,1-2H3;1-2H3. The summed E-state index contributed by atoms with van der Waals surface area (Å²) in [5, 5.41) is 30.8. The lowest BCUT2D eigenvalue weighted by atomic mass is 9.85. The molecule has 0 saturated carbocycles. The largest absolute Gasteiger partial charge is 0.504 e. The molecule has 0 radical (unpaired) electrons. The summed E-state index contributed by atoms with van der Waals surface area (Å²) >= 11 is 0. The first-order chi connectivity index (χ1) is 12.5. The molecule has 0 spiro atoms. The van der Waals surface area contributed by atoms with E-state index in [0.29, 0.717) is 10.9 Å². The highest BCUT2D eigenvalue weighted by Crippen LogP contribution is 2.46. The van der Waals surface area contributed by atoms with Crippen LogP contribution in [0.15, 0.2) is 33.5 Å². The Bertz CT molecular complexity index is 926. The van der Waals surface area contributed by atoms with Crippen molar-refractivity contribution in [2.75, 3.05) is 0 Å². The van der Waals surface area contributed by atoms with Crippen LogP contribution in [0.5, 0.6) is 17.2 Å². The van der Waals surface area contributed by atoms with Gasteiger partial charge in [0.25, 0.3) is 0 Å². The topological polar surface area (TPSA) is 90.9 Å². The van der Waals surface area contributed by atoms with Crippen molar-refractivity contribution in [1.82, 2.24) is 0 Å². The first kappa shape index (κ1) is 19.6. The van der Waals surface area contributed by atoms with Crippen LogP contribution >= 0.6 is 0 Å². The molecule has 1 aliphatic carbocycles. The van der Waals surface area contributed by atoms with E-state index in [1.54, 1.807) is 12.1 Å². The normalized spacial score (nSPS) is 12.0. The molecule has 1 aromatic carbocycles. The Hall–Kier alpha value is -2.69. The summed E-state index contributed by atoms with van der Waals surface area (Å²) in [5.41, 5.74) is 1.11. The summed E-state index contributed by atoms with van der Waals surface area (Å²) in [6.07, 6.45) is 2.76. The van der Waals surface area contributed by atoms with E-state index >= 15 is 0 Å². The van der Waals surface area contributed by atoms with E-state index in [2.05, 4.69) is 13.8 Å². The van der Waals surface area contributed by atoms with E-state index in [9.17, 15) is 20.1 Å². The maximum Gasteiger partial charge on any atom is 0.224 e. The SMILES string of the molecule is CC.CCCC(CC)c1c2ccc(=O)c(O)c-2oc2c(O)c(O)ccc12. The number of benzene rings is 2. The van der Waals surface area contributed by atoms with Crippen LogP contribution in [0.4, 0.5) is 0 Å². The van der Waals surface area contributed by atoms with Crippen LogP contribution in [0.25, 0.3) is 22.3 Å². The van der Waals surface area contributed by atoms with Crippen LogP contribution in [-0.4, -0.2) is 15.3 Å². The van der Waals surface area contributed by atoms with Crippen LogP contribution < -0.4 is 5.43 Å². The molecule has 3 N–H and O–H groups in total. The smallest absolute Gasteiger partial charge is 0.224 e. The summed E-state index contributed by atoms with van der Waals surface area (Å²) in [4.78, 5) is 11.8. The average Bonchev–Trinajstić information content (AvgIpc) is 2.66. The van der Waals surface area contributed by atoms with Gasteiger partial charge in [-0.05, 0) is 48.6 Å². The third-order valence-electron chi connectivity index (χ3n) is 4.53. The van der Waals surface area contributed by atoms with Crippen molar-refractivity contribution in [3.63, 3.8) is 0 Å². The Morgan fingerprint density at radius 2 is 1.69 bits per heavy atom. The minimum atomic E-state index is -0.542. The number of phenolic OH excluding ortho intramolecular Hbond substituents is 3. The van der Waals surface area contributed by atoms with Gasteiger partial charge in [0, 0.05) is 10.9 Å². The maximum atomic E-state index is 11.8. The van der Waals surface area contributed by atoms with Crippen molar-refractivity contribution in [1.29, 1.82) is 0 Å². The Labute approximate surface area is 152 Å². The first-order valence-corrected chi connectivity index (χ1v) is 9.12. The van der Waals surface area contributed by atoms with Gasteiger partial charge in [0.2, 0.25) is 16.9 Å². The molecular weight excluding hydrogens is 332 g/mol. The molecule has 1 atom stereocenters. The molecule has 0 amide bonds. The molecule has 3 rings (SSSR count). The molecule has 1 aliphatic heterocycles. The monoisotopic (exact) mass is 358 g/mol. The highest BCUT2D eigenvalue weighted by Gasteiger charge is 2.26. The van der Waals surface area contributed by atoms with Crippen LogP contribution in [0.1, 0.15) is 58.4 Å². The van der Waals surface area contributed by atoms with Crippen molar-refractivity contribution < 1.29 is 19.7 Å². The van der Waals surface area contributed by atoms with Gasteiger partial charge in [0.15, 0.2) is 17.1 Å². The fraction of sp³-hybridized carbons (Fsp3) is 0.381. The first-order valence-electron chi connectivity index (χ1n) is 9.12. The molecule has 1 aromatic rings. The second-order valence-electron chi connectivity index (χ2n) is 6.01. The lowest BCUT2D eigenvalue weighted by Gasteiger charge is -2.22. The van der Waals surface area contributed by atoms with E-state index in [1.807, 2.05) is 13.8 Å². The fourth-order valence-corrected chi connectivity index (χ4v) is 3.33. The minimum Gasteiger partial charge on any atom is -0.504 e. The summed E-state index contributed by atoms with van der Waals surface area (Å²) in [6, 6.07) is 6.09. The van der Waals surface area contributed by atoms with Crippen molar-refractivity contribution >= 4 is 11.0 Å². The molecule has 0 aromatic heterocycles. The second kappa shape index (κ2) is 8.13. The van der Waals surface area contributed by atoms with Gasteiger partial charge < -0.3 is 19.7 Å². The van der Waals surface area contributed by atoms with Crippen LogP contribution in [-0.2, 0) is 0 Å². The zero-order chi connectivity index (χ0) is 19.4. The molecular formula is C21H26O5. The molecule has 0 bridgehead atoms. The lowest BCUT2D eigenvalue weighted by molar-refractivity contribution is 0.397. The number of hydrogen-bond donors (Lipinski definition) is 3. The molecule has 2 aliphatic rings. The van der Waals surface area contributed by atoms with Crippen molar-refractivity contribution in [2.24, 2.45) is 0 Å². The number of hydrogen-bond acceptors (Lipinski definition) is 5. The van der Waals surface area contributed by atoms with E-state index in [-0.39, 0.29) is 23.0 Å². The van der Waals surface area contributed by atoms with E-state index < -0.39 is 16.9 Å². The Morgan fingerprint density at radius 3 is 2.31 bits per heavy atom. The highest BCUT2D eigenvalue weighted by atomic mass is 16.4. The van der Waals surface area contributed by atoms with E-state index in [4.69, 9.17) is 4.42 Å². The molecule has 0 fully saturated rings. The Balaban J connectivity index is 0.00000117. The summed E-state index contributed by atoms with van der Waals surface area (Å²) < 4.78 is 5.62. The summed E-state index contributed by atoms with van der Waals surface area (Å²) in [5.74, 6) is -0.960. The van der Waals surface area contributed by atoms with Gasteiger partial charge in [-0.15, -0.1) is 0 Å². The molecule has 5 nitrogen and oxygen atoms in total. The third kappa shape index (κ3) is 3.21. The van der Waals surface area contributed by atoms with Crippen molar-refractivity contribution in [3.05, 3.63) is 40.1 Å². The van der Waals surface area contributed by atoms with E-state index in [1.165, 1.54) is 12.1 Å². The van der Waals surface area contributed by atoms with E-state index in [0.717, 1.165) is 24.8 Å². The molecule has 5 heteroatoms. The van der Waals surface area contributed by atoms with Gasteiger partial charge in [-0.2, -0.15) is 0 Å². The van der Waals surface area contributed by atoms with Gasteiger partial charge in [-0.3, -0.25) is 4.79 Å². The van der Waals surface area contributed by atoms with Gasteiger partial charge >= 0.3 is 0 Å². The van der Waals surface area contributed by atoms with Gasteiger partial charge in [0.05, 0.1) is 0 Å². The summed E-state index contributed by atoms with van der Waals surface area (Å²) in [6.45, 7) is 8.17. The lowest BCUT2D eigenvalue weighted by Crippen LogP contribution is -2.06. The predicted molar refractivity (Wildman–Crippen MR) is 103 cm³/mol. The average molecular weight is 358 g/mol. The molecule has 1 unspecified atom stereocenters.